The van der Waals surface area contributed by atoms with Crippen LogP contribution < -0.4 is 10.6 Å². The fourth-order valence-corrected chi connectivity index (χ4v) is 3.74. The number of halogens is 1. The second kappa shape index (κ2) is 10.9. The van der Waals surface area contributed by atoms with Gasteiger partial charge in [-0.1, -0.05) is 57.5 Å². The Morgan fingerprint density at radius 1 is 1.06 bits per heavy atom. The van der Waals surface area contributed by atoms with Crippen LogP contribution in [-0.4, -0.2) is 39.7 Å². The van der Waals surface area contributed by atoms with E-state index in [1.54, 1.807) is 10.7 Å². The number of urea groups is 1. The minimum Gasteiger partial charge on any atom is -0.315 e. The maximum atomic E-state index is 13.0. The Balaban J connectivity index is 1.80. The van der Waals surface area contributed by atoms with E-state index in [9.17, 15) is 9.59 Å². The fraction of sp³-hybridized carbons (Fsp3) is 0.346. The predicted octanol–water partition coefficient (Wildman–Crippen LogP) is 6.12. The van der Waals surface area contributed by atoms with Gasteiger partial charge >= 0.3 is 6.03 Å². The van der Waals surface area contributed by atoms with Crippen molar-refractivity contribution in [3.8, 4) is 5.69 Å². The van der Waals surface area contributed by atoms with E-state index >= 15 is 0 Å². The van der Waals surface area contributed by atoms with E-state index in [0.717, 1.165) is 27.8 Å². The number of aromatic nitrogens is 2. The molecule has 180 valence electrons. The summed E-state index contributed by atoms with van der Waals surface area (Å²) in [6.45, 7) is 10.6. The van der Waals surface area contributed by atoms with Gasteiger partial charge in [0.25, 0.3) is 0 Å². The highest BCUT2D eigenvalue weighted by atomic mass is 79.9. The monoisotopic (exact) mass is 525 g/mol. The van der Waals surface area contributed by atoms with E-state index in [0.29, 0.717) is 18.1 Å². The maximum Gasteiger partial charge on any atom is 0.322 e. The average Bonchev–Trinajstić information content (AvgIpc) is 3.19. The molecule has 2 aromatic carbocycles. The standard InChI is InChI=1S/C26H32BrN5O2/c1-6-15-31(25(34)28-21-10-8-7-9-20(21)27)17-24(33)29-23-16-22(26(3,4)5)30-32(23)19-13-11-18(2)12-14-19/h7-14,16H,6,15,17H2,1-5H3,(H,28,34)(H,29,33). The first-order valence-electron chi connectivity index (χ1n) is 11.4. The molecule has 0 saturated carbocycles. The first kappa shape index (κ1) is 25.5. The van der Waals surface area contributed by atoms with Gasteiger partial charge in [0.1, 0.15) is 12.4 Å². The van der Waals surface area contributed by atoms with Gasteiger partial charge in [-0.15, -0.1) is 0 Å². The van der Waals surface area contributed by atoms with Crippen LogP contribution in [-0.2, 0) is 10.2 Å². The quantitative estimate of drug-likeness (QED) is 0.389. The smallest absolute Gasteiger partial charge is 0.315 e. The number of anilines is 2. The van der Waals surface area contributed by atoms with E-state index < -0.39 is 0 Å². The van der Waals surface area contributed by atoms with Crippen LogP contribution in [0.25, 0.3) is 5.69 Å². The summed E-state index contributed by atoms with van der Waals surface area (Å²) in [5.74, 6) is 0.283. The van der Waals surface area contributed by atoms with E-state index in [1.165, 1.54) is 4.90 Å². The number of aryl methyl sites for hydroxylation is 1. The van der Waals surface area contributed by atoms with Crippen molar-refractivity contribution in [1.29, 1.82) is 0 Å². The molecule has 7 nitrogen and oxygen atoms in total. The zero-order chi connectivity index (χ0) is 24.9. The first-order valence-corrected chi connectivity index (χ1v) is 12.2. The van der Waals surface area contributed by atoms with Gasteiger partial charge in [-0.05, 0) is 53.5 Å². The molecule has 3 amide bonds. The van der Waals surface area contributed by atoms with E-state index in [2.05, 4.69) is 47.3 Å². The third kappa shape index (κ3) is 6.47. The second-order valence-corrected chi connectivity index (χ2v) is 10.1. The molecule has 0 atom stereocenters. The largest absolute Gasteiger partial charge is 0.322 e. The van der Waals surface area contributed by atoms with Crippen molar-refractivity contribution in [2.45, 2.75) is 46.5 Å². The SMILES string of the molecule is CCCN(CC(=O)Nc1cc(C(C)(C)C)nn1-c1ccc(C)cc1)C(=O)Nc1ccccc1Br. The van der Waals surface area contributed by atoms with Crippen LogP contribution in [0.5, 0.6) is 0 Å². The van der Waals surface area contributed by atoms with E-state index in [1.807, 2.05) is 62.4 Å². The number of carbonyl (C=O) groups excluding carboxylic acids is 2. The van der Waals surface area contributed by atoms with Crippen molar-refractivity contribution >= 4 is 39.4 Å². The maximum absolute atomic E-state index is 13.0. The Morgan fingerprint density at radius 3 is 2.35 bits per heavy atom. The number of hydrogen-bond donors (Lipinski definition) is 2. The van der Waals surface area contributed by atoms with Crippen LogP contribution in [0.4, 0.5) is 16.3 Å². The summed E-state index contributed by atoms with van der Waals surface area (Å²) in [5.41, 5.74) is 3.33. The Morgan fingerprint density at radius 2 is 1.74 bits per heavy atom. The average molecular weight is 526 g/mol. The van der Waals surface area contributed by atoms with Gasteiger partial charge in [0.2, 0.25) is 5.91 Å². The number of nitrogens with one attached hydrogen (secondary N) is 2. The molecule has 0 spiro atoms. The molecule has 0 aliphatic carbocycles. The van der Waals surface area contributed by atoms with E-state index in [-0.39, 0.29) is 23.9 Å². The van der Waals surface area contributed by atoms with Crippen LogP contribution in [0.15, 0.2) is 59.1 Å². The van der Waals surface area contributed by atoms with Gasteiger partial charge in [-0.25, -0.2) is 9.48 Å². The normalized spacial score (nSPS) is 11.2. The van der Waals surface area contributed by atoms with Crippen LogP contribution in [0.3, 0.4) is 0 Å². The first-order chi connectivity index (χ1) is 16.1. The minimum atomic E-state index is -0.327. The molecule has 0 fully saturated rings. The third-order valence-corrected chi connectivity index (χ3v) is 5.95. The van der Waals surface area contributed by atoms with Crippen LogP contribution in [0, 0.1) is 6.92 Å². The Hall–Kier alpha value is -3.13. The molecule has 2 N–H and O–H groups in total. The van der Waals surface area contributed by atoms with Gasteiger partial charge < -0.3 is 15.5 Å². The topological polar surface area (TPSA) is 79.3 Å². The molecule has 3 rings (SSSR count). The minimum absolute atomic E-state index is 0.0753. The van der Waals surface area contributed by atoms with Gasteiger partial charge in [-0.2, -0.15) is 5.10 Å². The molecular formula is C26H32BrN5O2. The van der Waals surface area contributed by atoms with Crippen molar-refractivity contribution in [3.05, 3.63) is 70.3 Å². The number of rotatable bonds is 7. The molecule has 34 heavy (non-hydrogen) atoms. The zero-order valence-electron chi connectivity index (χ0n) is 20.4. The lowest BCUT2D eigenvalue weighted by Gasteiger charge is -2.22. The molecule has 0 unspecified atom stereocenters. The molecule has 0 aliphatic heterocycles. The molecular weight excluding hydrogens is 494 g/mol. The summed E-state index contributed by atoms with van der Waals surface area (Å²) in [6.07, 6.45) is 0.728. The lowest BCUT2D eigenvalue weighted by molar-refractivity contribution is -0.116. The van der Waals surface area contributed by atoms with Crippen molar-refractivity contribution in [2.24, 2.45) is 0 Å². The Bertz CT molecular complexity index is 1150. The highest BCUT2D eigenvalue weighted by molar-refractivity contribution is 9.10. The summed E-state index contributed by atoms with van der Waals surface area (Å²) >= 11 is 3.44. The van der Waals surface area contributed by atoms with Crippen LogP contribution >= 0.6 is 15.9 Å². The summed E-state index contributed by atoms with van der Waals surface area (Å²) in [4.78, 5) is 27.4. The van der Waals surface area contributed by atoms with Crippen molar-refractivity contribution < 1.29 is 9.59 Å². The van der Waals surface area contributed by atoms with Crippen LogP contribution in [0.1, 0.15) is 45.4 Å². The number of hydrogen-bond acceptors (Lipinski definition) is 3. The van der Waals surface area contributed by atoms with Crippen molar-refractivity contribution in [3.63, 3.8) is 0 Å². The second-order valence-electron chi connectivity index (χ2n) is 9.29. The molecule has 1 aromatic heterocycles. The van der Waals surface area contributed by atoms with Gasteiger partial charge in [0.05, 0.1) is 17.1 Å². The zero-order valence-corrected chi connectivity index (χ0v) is 21.9. The lowest BCUT2D eigenvalue weighted by atomic mass is 9.92. The lowest BCUT2D eigenvalue weighted by Crippen LogP contribution is -2.41. The summed E-state index contributed by atoms with van der Waals surface area (Å²) in [6, 6.07) is 16.9. The highest BCUT2D eigenvalue weighted by Gasteiger charge is 2.23. The predicted molar refractivity (Wildman–Crippen MR) is 141 cm³/mol. The molecule has 0 saturated heterocycles. The summed E-state index contributed by atoms with van der Waals surface area (Å²) < 4.78 is 2.52. The molecule has 0 aliphatic rings. The number of amides is 3. The summed E-state index contributed by atoms with van der Waals surface area (Å²) in [7, 11) is 0. The molecule has 3 aromatic rings. The third-order valence-electron chi connectivity index (χ3n) is 5.25. The molecule has 0 radical (unpaired) electrons. The number of para-hydroxylation sites is 1. The molecule has 1 heterocycles. The molecule has 0 bridgehead atoms. The van der Waals surface area contributed by atoms with Gasteiger partial charge in [-0.3, -0.25) is 4.79 Å². The van der Waals surface area contributed by atoms with E-state index in [4.69, 9.17) is 5.10 Å². The number of nitrogens with zero attached hydrogens (tertiary/aromatic N) is 3. The fourth-order valence-electron chi connectivity index (χ4n) is 3.35. The van der Waals surface area contributed by atoms with Gasteiger partial charge in [0.15, 0.2) is 0 Å². The Kier molecular flexibility index (Phi) is 8.15. The highest BCUT2D eigenvalue weighted by Crippen LogP contribution is 2.26. The molecule has 8 heteroatoms. The van der Waals surface area contributed by atoms with Crippen LogP contribution in [0.2, 0.25) is 0 Å². The van der Waals surface area contributed by atoms with Gasteiger partial charge in [0, 0.05) is 22.5 Å². The van der Waals surface area contributed by atoms with Crippen molar-refractivity contribution in [1.82, 2.24) is 14.7 Å². The van der Waals surface area contributed by atoms with Crippen molar-refractivity contribution in [2.75, 3.05) is 23.7 Å². The summed E-state index contributed by atoms with van der Waals surface area (Å²) in [5, 5.41) is 10.6. The Labute approximate surface area is 209 Å². The number of carbonyl (C=O) groups is 2. The number of benzene rings is 2.